The second kappa shape index (κ2) is 6.43. The monoisotopic (exact) mass is 408 g/mol. The number of hydrogen-bond acceptors (Lipinski definition) is 0. The maximum Gasteiger partial charge on any atom is 0.0728 e. The molecule has 0 heterocycles. The Morgan fingerprint density at radius 1 is 0.625 bits per heavy atom. The maximum absolute atomic E-state index is 2.43. The molecule has 3 aliphatic rings. The third kappa shape index (κ3) is 2.08. The van der Waals surface area contributed by atoms with Gasteiger partial charge in [0.1, 0.15) is 0 Å². The number of hydrogen-bond donors (Lipinski definition) is 0. The van der Waals surface area contributed by atoms with Crippen LogP contribution in [0.15, 0.2) is 115 Å². The molecular formula is C32H24. The fraction of sp³-hybridized carbons (Fsp3) is 0.125. The highest BCUT2D eigenvalue weighted by atomic mass is 14.5. The summed E-state index contributed by atoms with van der Waals surface area (Å²) in [5.41, 5.74) is 13.9. The van der Waals surface area contributed by atoms with Crippen LogP contribution in [0.4, 0.5) is 0 Å². The minimum atomic E-state index is -0.254. The molecule has 0 saturated carbocycles. The standard InChI is InChI=1S/C32H24/c1-21-11-9-20-29-30(21)26-15-6-8-19-28(26)32(29)27-18-7-5-14-24(27)25-17-10-16-23(31(25)32)22-12-3-2-4-13-22/h2-10,12-21H,11H2,1H3. The van der Waals surface area contributed by atoms with Crippen LogP contribution in [0.3, 0.4) is 0 Å². The summed E-state index contributed by atoms with van der Waals surface area (Å²) in [5.74, 6) is 0.524. The van der Waals surface area contributed by atoms with E-state index in [0.29, 0.717) is 5.92 Å². The van der Waals surface area contributed by atoms with Gasteiger partial charge in [0, 0.05) is 0 Å². The zero-order valence-corrected chi connectivity index (χ0v) is 18.2. The molecule has 2 atom stereocenters. The van der Waals surface area contributed by atoms with Gasteiger partial charge in [0.2, 0.25) is 0 Å². The third-order valence-electron chi connectivity index (χ3n) is 7.73. The summed E-state index contributed by atoms with van der Waals surface area (Å²) in [5, 5.41) is 0. The van der Waals surface area contributed by atoms with E-state index in [1.807, 2.05) is 0 Å². The number of rotatable bonds is 1. The van der Waals surface area contributed by atoms with Gasteiger partial charge in [-0.2, -0.15) is 0 Å². The molecule has 4 aromatic rings. The summed E-state index contributed by atoms with van der Waals surface area (Å²) in [6, 6.07) is 36.0. The molecule has 7 rings (SSSR count). The highest BCUT2D eigenvalue weighted by Gasteiger charge is 2.54. The first-order chi connectivity index (χ1) is 15.8. The molecule has 0 fully saturated rings. The summed E-state index contributed by atoms with van der Waals surface area (Å²) >= 11 is 0. The fourth-order valence-corrected chi connectivity index (χ4v) is 6.57. The molecule has 0 nitrogen and oxygen atoms in total. The van der Waals surface area contributed by atoms with Crippen molar-refractivity contribution in [2.24, 2.45) is 5.92 Å². The van der Waals surface area contributed by atoms with Gasteiger partial charge >= 0.3 is 0 Å². The van der Waals surface area contributed by atoms with Gasteiger partial charge in [-0.1, -0.05) is 116 Å². The molecule has 0 saturated heterocycles. The summed E-state index contributed by atoms with van der Waals surface area (Å²) in [6.45, 7) is 2.39. The molecule has 0 aromatic heterocycles. The third-order valence-corrected chi connectivity index (χ3v) is 7.73. The lowest BCUT2D eigenvalue weighted by Crippen LogP contribution is -2.28. The van der Waals surface area contributed by atoms with Crippen molar-refractivity contribution in [3.63, 3.8) is 0 Å². The van der Waals surface area contributed by atoms with Crippen molar-refractivity contribution >= 4 is 5.57 Å². The van der Waals surface area contributed by atoms with Crippen molar-refractivity contribution in [3.8, 4) is 22.3 Å². The first-order valence-corrected chi connectivity index (χ1v) is 11.6. The van der Waals surface area contributed by atoms with Gasteiger partial charge in [0.25, 0.3) is 0 Å². The van der Waals surface area contributed by atoms with Gasteiger partial charge in [0.05, 0.1) is 5.41 Å². The van der Waals surface area contributed by atoms with Crippen molar-refractivity contribution < 1.29 is 0 Å². The van der Waals surface area contributed by atoms with E-state index in [2.05, 4.69) is 116 Å². The minimum absolute atomic E-state index is 0.254. The van der Waals surface area contributed by atoms with Crippen molar-refractivity contribution in [1.82, 2.24) is 0 Å². The van der Waals surface area contributed by atoms with E-state index in [-0.39, 0.29) is 5.41 Å². The van der Waals surface area contributed by atoms with Crippen LogP contribution >= 0.6 is 0 Å². The van der Waals surface area contributed by atoms with Crippen LogP contribution in [0.25, 0.3) is 27.8 Å². The fourth-order valence-electron chi connectivity index (χ4n) is 6.57. The smallest absolute Gasteiger partial charge is 0.0728 e. The molecule has 0 amide bonds. The first kappa shape index (κ1) is 18.0. The van der Waals surface area contributed by atoms with Crippen LogP contribution in [0.2, 0.25) is 0 Å². The van der Waals surface area contributed by atoms with Crippen molar-refractivity contribution in [3.05, 3.63) is 137 Å². The molecule has 0 radical (unpaired) electrons. The molecule has 2 unspecified atom stereocenters. The first-order valence-electron chi connectivity index (χ1n) is 11.6. The van der Waals surface area contributed by atoms with Crippen molar-refractivity contribution in [1.29, 1.82) is 0 Å². The quantitative estimate of drug-likeness (QED) is 0.299. The summed E-state index contributed by atoms with van der Waals surface area (Å²) in [6.07, 6.45) is 5.93. The lowest BCUT2D eigenvalue weighted by atomic mass is 9.67. The average molecular weight is 409 g/mol. The summed E-state index contributed by atoms with van der Waals surface area (Å²) in [7, 11) is 0. The molecule has 1 spiro atoms. The van der Waals surface area contributed by atoms with E-state index in [1.165, 1.54) is 55.7 Å². The molecule has 0 aliphatic heterocycles. The highest BCUT2D eigenvalue weighted by Crippen LogP contribution is 2.65. The molecule has 0 heteroatoms. The lowest BCUT2D eigenvalue weighted by molar-refractivity contribution is 0.731. The molecule has 0 N–H and O–H groups in total. The van der Waals surface area contributed by atoms with E-state index < -0.39 is 0 Å². The minimum Gasteiger partial charge on any atom is -0.0836 e. The van der Waals surface area contributed by atoms with Gasteiger partial charge in [-0.3, -0.25) is 0 Å². The van der Waals surface area contributed by atoms with Gasteiger partial charge in [-0.05, 0) is 68.0 Å². The molecule has 32 heavy (non-hydrogen) atoms. The molecule has 4 aromatic carbocycles. The molecule has 152 valence electrons. The Balaban J connectivity index is 1.70. The normalized spacial score (nSPS) is 22.0. The van der Waals surface area contributed by atoms with Crippen LogP contribution in [0.5, 0.6) is 0 Å². The largest absolute Gasteiger partial charge is 0.0836 e. The lowest BCUT2D eigenvalue weighted by Gasteiger charge is -2.34. The Morgan fingerprint density at radius 3 is 2.06 bits per heavy atom. The Hall–Kier alpha value is -3.64. The van der Waals surface area contributed by atoms with Crippen LogP contribution < -0.4 is 0 Å². The second-order valence-electron chi connectivity index (χ2n) is 9.30. The topological polar surface area (TPSA) is 0 Å². The van der Waals surface area contributed by atoms with E-state index in [4.69, 9.17) is 0 Å². The van der Waals surface area contributed by atoms with E-state index in [9.17, 15) is 0 Å². The van der Waals surface area contributed by atoms with Gasteiger partial charge < -0.3 is 0 Å². The maximum atomic E-state index is 2.43. The van der Waals surface area contributed by atoms with E-state index >= 15 is 0 Å². The van der Waals surface area contributed by atoms with Crippen LogP contribution in [0, 0.1) is 5.92 Å². The summed E-state index contributed by atoms with van der Waals surface area (Å²) < 4.78 is 0. The summed E-state index contributed by atoms with van der Waals surface area (Å²) in [4.78, 5) is 0. The Bertz CT molecular complexity index is 1450. The van der Waals surface area contributed by atoms with Gasteiger partial charge in [0.15, 0.2) is 0 Å². The van der Waals surface area contributed by atoms with Gasteiger partial charge in [-0.25, -0.2) is 0 Å². The molecular weight excluding hydrogens is 384 g/mol. The Labute approximate surface area is 189 Å². The van der Waals surface area contributed by atoms with Crippen LogP contribution in [0.1, 0.15) is 35.6 Å². The van der Waals surface area contributed by atoms with E-state index in [1.54, 1.807) is 0 Å². The highest BCUT2D eigenvalue weighted by molar-refractivity contribution is 5.99. The number of benzene rings is 4. The van der Waals surface area contributed by atoms with Crippen molar-refractivity contribution in [2.75, 3.05) is 0 Å². The SMILES string of the molecule is CC1CC=CC2=C1c1ccccc1C21c2ccccc2-c2cccc(-c3ccccc3)c21. The number of allylic oxidation sites excluding steroid dienone is 4. The molecule has 0 bridgehead atoms. The van der Waals surface area contributed by atoms with Crippen molar-refractivity contribution in [2.45, 2.75) is 18.8 Å². The number of fused-ring (bicyclic) bond motifs is 9. The Kier molecular flexibility index (Phi) is 3.62. The van der Waals surface area contributed by atoms with Crippen LogP contribution in [-0.4, -0.2) is 0 Å². The van der Waals surface area contributed by atoms with E-state index in [0.717, 1.165) is 6.42 Å². The predicted octanol–water partition coefficient (Wildman–Crippen LogP) is 8.03. The zero-order valence-electron chi connectivity index (χ0n) is 18.2. The average Bonchev–Trinajstić information content (AvgIpc) is 3.33. The van der Waals surface area contributed by atoms with Gasteiger partial charge in [-0.15, -0.1) is 0 Å². The predicted molar refractivity (Wildman–Crippen MR) is 133 cm³/mol. The molecule has 3 aliphatic carbocycles. The second-order valence-corrected chi connectivity index (χ2v) is 9.30. The zero-order chi connectivity index (χ0) is 21.3. The Morgan fingerprint density at radius 2 is 1.25 bits per heavy atom. The van der Waals surface area contributed by atoms with Crippen LogP contribution in [-0.2, 0) is 5.41 Å².